The average molecular weight is 402 g/mol. The van der Waals surface area contributed by atoms with Gasteiger partial charge in [-0.1, -0.05) is 24.3 Å². The quantitative estimate of drug-likeness (QED) is 0.268. The van der Waals surface area contributed by atoms with E-state index in [2.05, 4.69) is 10.3 Å². The lowest BCUT2D eigenvalue weighted by atomic mass is 10.1. The van der Waals surface area contributed by atoms with Crippen LogP contribution in [0.3, 0.4) is 0 Å². The summed E-state index contributed by atoms with van der Waals surface area (Å²) < 4.78 is 54.8. The van der Waals surface area contributed by atoms with Crippen molar-refractivity contribution in [1.29, 1.82) is 0 Å². The highest BCUT2D eigenvalue weighted by Crippen LogP contribution is 2.34. The van der Waals surface area contributed by atoms with E-state index in [0.29, 0.717) is 16.6 Å². The van der Waals surface area contributed by atoms with Gasteiger partial charge in [-0.15, -0.1) is 11.3 Å². The number of hydrogen-bond donors (Lipinski definition) is 1. The van der Waals surface area contributed by atoms with Gasteiger partial charge in [-0.3, -0.25) is 4.79 Å². The number of benzene rings is 3. The lowest BCUT2D eigenvalue weighted by Gasteiger charge is -2.10. The molecule has 0 atom stereocenters. The second-order valence-electron chi connectivity index (χ2n) is 5.83. The third kappa shape index (κ3) is 3.11. The number of carbonyl (C=O) groups is 1. The molecular formula is C20H10F4N2OS. The Morgan fingerprint density at radius 1 is 0.893 bits per heavy atom. The normalized spacial score (nSPS) is 11.0. The predicted octanol–water partition coefficient (Wildman–Crippen LogP) is 5.77. The van der Waals surface area contributed by atoms with Gasteiger partial charge in [0.15, 0.2) is 23.3 Å². The summed E-state index contributed by atoms with van der Waals surface area (Å²) in [6, 6.07) is 14.4. The minimum Gasteiger partial charge on any atom is -0.321 e. The van der Waals surface area contributed by atoms with Crippen LogP contribution in [-0.4, -0.2) is 10.9 Å². The molecule has 4 aromatic rings. The number of amides is 1. The minimum atomic E-state index is -2.04. The zero-order valence-electron chi connectivity index (χ0n) is 14.0. The van der Waals surface area contributed by atoms with Crippen LogP contribution in [0, 0.1) is 23.3 Å². The fraction of sp³-hybridized carbons (Fsp3) is 0. The minimum absolute atomic E-state index is 0.274. The largest absolute Gasteiger partial charge is 0.321 e. The third-order valence-electron chi connectivity index (χ3n) is 4.05. The molecule has 0 saturated heterocycles. The number of rotatable bonds is 3. The summed E-state index contributed by atoms with van der Waals surface area (Å²) in [4.78, 5) is 16.9. The fourth-order valence-electron chi connectivity index (χ4n) is 2.69. The van der Waals surface area contributed by atoms with E-state index in [1.54, 1.807) is 24.3 Å². The number of para-hydroxylation sites is 2. The van der Waals surface area contributed by atoms with Gasteiger partial charge in [0.2, 0.25) is 0 Å². The number of aromatic nitrogens is 1. The molecule has 0 aliphatic heterocycles. The third-order valence-corrected chi connectivity index (χ3v) is 5.12. The average Bonchev–Trinajstić information content (AvgIpc) is 3.13. The molecule has 8 heteroatoms. The molecule has 140 valence electrons. The molecule has 0 unspecified atom stereocenters. The molecular weight excluding hydrogens is 392 g/mol. The molecule has 0 aliphatic rings. The molecule has 0 aliphatic carbocycles. The van der Waals surface area contributed by atoms with Gasteiger partial charge in [0, 0.05) is 5.56 Å². The summed E-state index contributed by atoms with van der Waals surface area (Å²) in [6.07, 6.45) is 0. The van der Waals surface area contributed by atoms with Crippen LogP contribution >= 0.6 is 11.3 Å². The van der Waals surface area contributed by atoms with E-state index in [1.807, 2.05) is 24.3 Å². The molecule has 0 saturated carbocycles. The molecule has 3 aromatic carbocycles. The molecule has 1 aromatic heterocycles. The lowest BCUT2D eigenvalue weighted by Crippen LogP contribution is -2.16. The second kappa shape index (κ2) is 7.05. The van der Waals surface area contributed by atoms with Crippen LogP contribution in [-0.2, 0) is 0 Å². The summed E-state index contributed by atoms with van der Waals surface area (Å²) in [6.45, 7) is 0. The standard InChI is InChI=1S/C20H10F4N2OS/c21-12-9-11(16(22)18(24)17(12)23)19(27)25-13-6-2-1-5-10(13)20-26-14-7-3-4-8-15(14)28-20/h1-9H,(H,25,27). The van der Waals surface area contributed by atoms with Crippen molar-refractivity contribution in [2.75, 3.05) is 5.32 Å². The summed E-state index contributed by atoms with van der Waals surface area (Å²) in [5.74, 6) is -8.52. The maximum Gasteiger partial charge on any atom is 0.258 e. The summed E-state index contributed by atoms with van der Waals surface area (Å²) in [5.41, 5.74) is 0.671. The van der Waals surface area contributed by atoms with E-state index in [9.17, 15) is 22.4 Å². The van der Waals surface area contributed by atoms with E-state index >= 15 is 0 Å². The Balaban J connectivity index is 1.73. The van der Waals surface area contributed by atoms with E-state index in [1.165, 1.54) is 11.3 Å². The van der Waals surface area contributed by atoms with Crippen molar-refractivity contribution in [3.05, 3.63) is 83.4 Å². The van der Waals surface area contributed by atoms with Crippen molar-refractivity contribution >= 4 is 33.1 Å². The van der Waals surface area contributed by atoms with Gasteiger partial charge in [-0.05, 0) is 30.3 Å². The van der Waals surface area contributed by atoms with Crippen LogP contribution in [0.1, 0.15) is 10.4 Å². The Morgan fingerprint density at radius 2 is 1.61 bits per heavy atom. The van der Waals surface area contributed by atoms with Crippen molar-refractivity contribution in [3.63, 3.8) is 0 Å². The molecule has 0 fully saturated rings. The topological polar surface area (TPSA) is 42.0 Å². The SMILES string of the molecule is O=C(Nc1ccccc1-c1nc2ccccc2s1)c1cc(F)c(F)c(F)c1F. The van der Waals surface area contributed by atoms with Gasteiger partial charge in [-0.2, -0.15) is 0 Å². The Morgan fingerprint density at radius 3 is 2.39 bits per heavy atom. The van der Waals surface area contributed by atoms with Crippen LogP contribution < -0.4 is 5.32 Å². The van der Waals surface area contributed by atoms with Gasteiger partial charge >= 0.3 is 0 Å². The Kier molecular flexibility index (Phi) is 4.56. The molecule has 1 heterocycles. The number of nitrogens with one attached hydrogen (secondary N) is 1. The number of anilines is 1. The number of fused-ring (bicyclic) bond motifs is 1. The zero-order chi connectivity index (χ0) is 19.8. The van der Waals surface area contributed by atoms with Crippen molar-refractivity contribution < 1.29 is 22.4 Å². The van der Waals surface area contributed by atoms with Gasteiger partial charge in [0.1, 0.15) is 5.01 Å². The van der Waals surface area contributed by atoms with E-state index in [-0.39, 0.29) is 5.69 Å². The summed E-state index contributed by atoms with van der Waals surface area (Å²) in [5, 5.41) is 3.02. The van der Waals surface area contributed by atoms with E-state index in [0.717, 1.165) is 10.2 Å². The predicted molar refractivity (Wildman–Crippen MR) is 99.3 cm³/mol. The number of carbonyl (C=O) groups excluding carboxylic acids is 1. The Bertz CT molecular complexity index is 1190. The molecule has 0 bridgehead atoms. The highest BCUT2D eigenvalue weighted by Gasteiger charge is 2.23. The smallest absolute Gasteiger partial charge is 0.258 e. The summed E-state index contributed by atoms with van der Waals surface area (Å²) >= 11 is 1.39. The molecule has 4 rings (SSSR count). The van der Waals surface area contributed by atoms with Crippen LogP contribution in [0.25, 0.3) is 20.8 Å². The molecule has 1 N–H and O–H groups in total. The first-order valence-electron chi connectivity index (χ1n) is 8.05. The van der Waals surface area contributed by atoms with Crippen molar-refractivity contribution in [2.45, 2.75) is 0 Å². The molecule has 0 radical (unpaired) electrons. The Labute approximate surface area is 160 Å². The number of halogens is 4. The monoisotopic (exact) mass is 402 g/mol. The number of thiazole rings is 1. The first kappa shape index (κ1) is 18.1. The van der Waals surface area contributed by atoms with Gasteiger partial charge < -0.3 is 5.32 Å². The first-order chi connectivity index (χ1) is 13.5. The zero-order valence-corrected chi connectivity index (χ0v) is 14.8. The highest BCUT2D eigenvalue weighted by molar-refractivity contribution is 7.21. The maximum atomic E-state index is 13.9. The van der Waals surface area contributed by atoms with Crippen LogP contribution in [0.4, 0.5) is 23.2 Å². The van der Waals surface area contributed by atoms with Gasteiger partial charge in [-0.25, -0.2) is 22.5 Å². The van der Waals surface area contributed by atoms with Gasteiger partial charge in [0.25, 0.3) is 5.91 Å². The fourth-order valence-corrected chi connectivity index (χ4v) is 3.70. The Hall–Kier alpha value is -3.26. The maximum absolute atomic E-state index is 13.9. The number of hydrogen-bond acceptors (Lipinski definition) is 3. The van der Waals surface area contributed by atoms with Crippen LogP contribution in [0.15, 0.2) is 54.6 Å². The first-order valence-corrected chi connectivity index (χ1v) is 8.86. The van der Waals surface area contributed by atoms with E-state index in [4.69, 9.17) is 0 Å². The van der Waals surface area contributed by atoms with E-state index < -0.39 is 34.7 Å². The summed E-state index contributed by atoms with van der Waals surface area (Å²) in [7, 11) is 0. The molecule has 3 nitrogen and oxygen atoms in total. The van der Waals surface area contributed by atoms with Crippen LogP contribution in [0.5, 0.6) is 0 Å². The lowest BCUT2D eigenvalue weighted by molar-refractivity contribution is 0.102. The second-order valence-corrected chi connectivity index (χ2v) is 6.86. The van der Waals surface area contributed by atoms with Crippen molar-refractivity contribution in [2.24, 2.45) is 0 Å². The van der Waals surface area contributed by atoms with Crippen molar-refractivity contribution in [1.82, 2.24) is 4.98 Å². The van der Waals surface area contributed by atoms with Crippen LogP contribution in [0.2, 0.25) is 0 Å². The van der Waals surface area contributed by atoms with Crippen molar-refractivity contribution in [3.8, 4) is 10.6 Å². The molecule has 28 heavy (non-hydrogen) atoms. The molecule has 1 amide bonds. The number of nitrogens with zero attached hydrogens (tertiary/aromatic N) is 1. The molecule has 0 spiro atoms. The highest BCUT2D eigenvalue weighted by atomic mass is 32.1. The van der Waals surface area contributed by atoms with Gasteiger partial charge in [0.05, 0.1) is 21.5 Å².